The number of rotatable bonds is 10. The first-order valence-electron chi connectivity index (χ1n) is 28.1. The molecule has 13 nitrogen and oxygen atoms in total. The molecule has 6 aliphatic rings. The van der Waals surface area contributed by atoms with E-state index in [0.29, 0.717) is 22.7 Å². The molecular formula is C74H42N4O9. The van der Waals surface area contributed by atoms with Crippen LogP contribution in [0.2, 0.25) is 0 Å². The highest BCUT2D eigenvalue weighted by Crippen LogP contribution is 2.58. The number of benzene rings is 10. The van der Waals surface area contributed by atoms with Gasteiger partial charge in [-0.2, -0.15) is 0 Å². The zero-order valence-electron chi connectivity index (χ0n) is 45.7. The maximum Gasteiger partial charge on any atom is 0.266 e. The van der Waals surface area contributed by atoms with Gasteiger partial charge in [0.1, 0.15) is 11.5 Å². The van der Waals surface area contributed by atoms with Crippen LogP contribution in [0.1, 0.15) is 85.9 Å². The highest BCUT2D eigenvalue weighted by atomic mass is 16.5. The van der Waals surface area contributed by atoms with Gasteiger partial charge in [-0.05, 0) is 152 Å². The van der Waals surface area contributed by atoms with Crippen LogP contribution in [0.15, 0.2) is 255 Å². The summed E-state index contributed by atoms with van der Waals surface area (Å²) in [6.07, 6.45) is 5.01. The SMILES string of the molecule is O=C1C=CC(=O)N1c1ccc(C2(c3ccc(N4C(=O)c5ccc(Oc6ccc7c(c6)C(=O)N(c6ccc(C8(c9ccc(N%10C(=O)C=CC%10=O)cc9)c9ccccc9-c9ccccc98)cc6)C7=O)cc5C4=O)cc3)c3ccccc3-c3ccccc32)cc1. The predicted molar refractivity (Wildman–Crippen MR) is 326 cm³/mol. The lowest BCUT2D eigenvalue weighted by Crippen LogP contribution is -2.31. The maximum absolute atomic E-state index is 14.4. The lowest BCUT2D eigenvalue weighted by molar-refractivity contribution is -0.121. The van der Waals surface area contributed by atoms with Gasteiger partial charge in [0.15, 0.2) is 0 Å². The summed E-state index contributed by atoms with van der Waals surface area (Å²) >= 11 is 0. The van der Waals surface area contributed by atoms with Gasteiger partial charge in [0.2, 0.25) is 0 Å². The molecule has 13 heteroatoms. The van der Waals surface area contributed by atoms with Gasteiger partial charge in [0.25, 0.3) is 47.3 Å². The third kappa shape index (κ3) is 7.14. The minimum absolute atomic E-state index is 0.125. The molecule has 0 spiro atoms. The van der Waals surface area contributed by atoms with Gasteiger partial charge < -0.3 is 4.74 Å². The minimum Gasteiger partial charge on any atom is -0.457 e. The van der Waals surface area contributed by atoms with E-state index in [1.54, 1.807) is 60.7 Å². The molecule has 4 aliphatic heterocycles. The Hall–Kier alpha value is -12.0. The second-order valence-corrected chi connectivity index (χ2v) is 22.0. The van der Waals surface area contributed by atoms with E-state index in [1.807, 2.05) is 97.1 Å². The summed E-state index contributed by atoms with van der Waals surface area (Å²) in [7, 11) is 0. The van der Waals surface area contributed by atoms with Gasteiger partial charge in [-0.3, -0.25) is 38.4 Å². The van der Waals surface area contributed by atoms with E-state index < -0.39 is 58.1 Å². The molecule has 0 atom stereocenters. The number of carbonyl (C=O) groups excluding carboxylic acids is 8. The van der Waals surface area contributed by atoms with Crippen molar-refractivity contribution in [3.8, 4) is 33.8 Å². The normalized spacial score (nSPS) is 16.2. The quantitative estimate of drug-likeness (QED) is 0.121. The van der Waals surface area contributed by atoms with Gasteiger partial charge in [0, 0.05) is 24.3 Å². The number of fused-ring (bicyclic) bond motifs is 8. The van der Waals surface area contributed by atoms with E-state index in [2.05, 4.69) is 48.5 Å². The average Bonchev–Trinajstić information content (AvgIpc) is 1.60. The first kappa shape index (κ1) is 50.7. The van der Waals surface area contributed by atoms with Gasteiger partial charge in [0.05, 0.1) is 55.8 Å². The van der Waals surface area contributed by atoms with Gasteiger partial charge >= 0.3 is 0 Å². The molecular weight excluding hydrogens is 1090 g/mol. The summed E-state index contributed by atoms with van der Waals surface area (Å²) in [5, 5.41) is 0. The lowest BCUT2D eigenvalue weighted by atomic mass is 9.67. The van der Waals surface area contributed by atoms with E-state index in [0.717, 1.165) is 86.4 Å². The number of imide groups is 4. The minimum atomic E-state index is -0.867. The summed E-state index contributed by atoms with van der Waals surface area (Å²) in [5.41, 5.74) is 12.2. The first-order chi connectivity index (χ1) is 42.4. The molecule has 0 radical (unpaired) electrons. The van der Waals surface area contributed by atoms with Gasteiger partial charge in [-0.1, -0.05) is 146 Å². The van der Waals surface area contributed by atoms with Crippen molar-refractivity contribution in [1.82, 2.24) is 0 Å². The standard InChI is InChI=1S/C74H42N4O9/c79-65-37-38-66(80)75(65)47-25-17-43(18-26-47)73(61-13-5-1-9-53(61)54-10-2-6-14-62(54)73)45-21-29-49(30-22-45)77-69(83)57-35-33-51(41-59(57)71(77)85)87-52-34-36-58-60(42-52)72(86)78(70(58)84)50-31-23-46(24-32-50)74(44-19-27-48(28-20-44)76-67(81)39-40-68(76)82)63-15-7-3-11-55(63)56-12-4-8-16-64(56)74/h1-42H. The Morgan fingerprint density at radius 2 is 0.494 bits per heavy atom. The molecule has 10 aromatic carbocycles. The topological polar surface area (TPSA) is 159 Å². The van der Waals surface area contributed by atoms with E-state index >= 15 is 0 Å². The van der Waals surface area contributed by atoms with Crippen molar-refractivity contribution in [3.63, 3.8) is 0 Å². The van der Waals surface area contributed by atoms with E-state index in [-0.39, 0.29) is 33.8 Å². The Morgan fingerprint density at radius 3 is 0.782 bits per heavy atom. The molecule has 10 aromatic rings. The van der Waals surface area contributed by atoms with Crippen LogP contribution >= 0.6 is 0 Å². The first-order valence-corrected chi connectivity index (χ1v) is 28.1. The van der Waals surface area contributed by atoms with Gasteiger partial charge in [-0.15, -0.1) is 0 Å². The van der Waals surface area contributed by atoms with E-state index in [1.165, 1.54) is 48.6 Å². The second-order valence-electron chi connectivity index (χ2n) is 22.0. The summed E-state index contributed by atoms with van der Waals surface area (Å²) in [4.78, 5) is 112. The van der Waals surface area contributed by atoms with Gasteiger partial charge in [-0.25, -0.2) is 19.6 Å². The third-order valence-corrected chi connectivity index (χ3v) is 17.7. The largest absolute Gasteiger partial charge is 0.457 e. The number of nitrogens with zero attached hydrogens (tertiary/aromatic N) is 4. The number of hydrogen-bond acceptors (Lipinski definition) is 9. The van der Waals surface area contributed by atoms with Crippen LogP contribution < -0.4 is 24.3 Å². The van der Waals surface area contributed by atoms with Crippen LogP contribution in [0.3, 0.4) is 0 Å². The van der Waals surface area contributed by atoms with Crippen LogP contribution in [0, 0.1) is 0 Å². The molecule has 0 saturated carbocycles. The zero-order valence-corrected chi connectivity index (χ0v) is 45.7. The number of anilines is 4. The fraction of sp³-hybridized carbons (Fsp3) is 0.0270. The van der Waals surface area contributed by atoms with E-state index in [9.17, 15) is 38.4 Å². The summed E-state index contributed by atoms with van der Waals surface area (Å²) in [5.74, 6) is -3.33. The summed E-state index contributed by atoms with van der Waals surface area (Å²) in [6.45, 7) is 0. The molecule has 0 fully saturated rings. The molecule has 0 bridgehead atoms. The fourth-order valence-electron chi connectivity index (χ4n) is 14.0. The average molecular weight is 1130 g/mol. The molecule has 16 rings (SSSR count). The van der Waals surface area contributed by atoms with E-state index in [4.69, 9.17) is 4.74 Å². The molecule has 0 aromatic heterocycles. The molecule has 4 heterocycles. The van der Waals surface area contributed by atoms with Crippen molar-refractivity contribution >= 4 is 70.0 Å². The Bertz CT molecular complexity index is 4420. The van der Waals surface area contributed by atoms with Crippen LogP contribution in [0.4, 0.5) is 22.7 Å². The number of carbonyl (C=O) groups is 8. The Labute approximate surface area is 496 Å². The van der Waals surface area contributed by atoms with Crippen molar-refractivity contribution in [2.45, 2.75) is 10.8 Å². The van der Waals surface area contributed by atoms with Crippen molar-refractivity contribution in [2.24, 2.45) is 0 Å². The smallest absolute Gasteiger partial charge is 0.266 e. The van der Waals surface area contributed by atoms with Crippen LogP contribution in [0.25, 0.3) is 22.3 Å². The monoisotopic (exact) mass is 1130 g/mol. The van der Waals surface area contributed by atoms with Crippen molar-refractivity contribution in [2.75, 3.05) is 19.6 Å². The number of ether oxygens (including phenoxy) is 1. The van der Waals surface area contributed by atoms with Crippen LogP contribution in [0.5, 0.6) is 11.5 Å². The number of amides is 8. The molecule has 412 valence electrons. The second kappa shape index (κ2) is 18.8. The molecule has 0 N–H and O–H groups in total. The number of hydrogen-bond donors (Lipinski definition) is 0. The highest BCUT2D eigenvalue weighted by Gasteiger charge is 2.49. The van der Waals surface area contributed by atoms with Crippen LogP contribution in [-0.4, -0.2) is 47.3 Å². The Kier molecular flexibility index (Phi) is 11.0. The molecule has 0 saturated heterocycles. The fourth-order valence-corrected chi connectivity index (χ4v) is 14.0. The molecule has 87 heavy (non-hydrogen) atoms. The zero-order chi connectivity index (χ0) is 59.0. The molecule has 2 aliphatic carbocycles. The Balaban J connectivity index is 0.669. The Morgan fingerprint density at radius 1 is 0.241 bits per heavy atom. The maximum atomic E-state index is 14.4. The predicted octanol–water partition coefficient (Wildman–Crippen LogP) is 12.7. The summed E-state index contributed by atoms with van der Waals surface area (Å²) in [6, 6.07) is 71.4. The van der Waals surface area contributed by atoms with Crippen molar-refractivity contribution in [1.29, 1.82) is 0 Å². The lowest BCUT2D eigenvalue weighted by Gasteiger charge is -2.34. The highest BCUT2D eigenvalue weighted by molar-refractivity contribution is 6.36. The molecule has 0 unspecified atom stereocenters. The summed E-state index contributed by atoms with van der Waals surface area (Å²) < 4.78 is 6.30. The van der Waals surface area contributed by atoms with Crippen LogP contribution in [-0.2, 0) is 30.0 Å². The third-order valence-electron chi connectivity index (χ3n) is 17.7. The molecule has 8 amide bonds. The van der Waals surface area contributed by atoms with Crippen molar-refractivity contribution < 1.29 is 43.1 Å². The van der Waals surface area contributed by atoms with Crippen molar-refractivity contribution in [3.05, 3.63) is 322 Å².